The normalized spacial score (nSPS) is 22.7. The van der Waals surface area contributed by atoms with Crippen molar-refractivity contribution in [2.75, 3.05) is 25.4 Å². The highest BCUT2D eigenvalue weighted by atomic mass is 32.2. The van der Waals surface area contributed by atoms with Crippen molar-refractivity contribution in [2.24, 2.45) is 5.92 Å². The smallest absolute Gasteiger partial charge is 0.262 e. The number of piperidine rings is 1. The van der Waals surface area contributed by atoms with Gasteiger partial charge in [0.2, 0.25) is 5.91 Å². The lowest BCUT2D eigenvalue weighted by Gasteiger charge is -2.30. The van der Waals surface area contributed by atoms with Crippen LogP contribution in [0, 0.1) is 5.92 Å². The molecule has 0 unspecified atom stereocenters. The average Bonchev–Trinajstić information content (AvgIpc) is 3.22. The van der Waals surface area contributed by atoms with E-state index in [0.29, 0.717) is 34.3 Å². The van der Waals surface area contributed by atoms with Gasteiger partial charge < -0.3 is 9.64 Å². The zero-order chi connectivity index (χ0) is 19.5. The van der Waals surface area contributed by atoms with Crippen molar-refractivity contribution >= 4 is 28.6 Å². The monoisotopic (exact) mass is 401 g/mol. The van der Waals surface area contributed by atoms with E-state index < -0.39 is 0 Å². The first-order chi connectivity index (χ1) is 13.6. The quantitative estimate of drug-likeness (QED) is 0.569. The number of para-hydroxylation sites is 1. The summed E-state index contributed by atoms with van der Waals surface area (Å²) in [5, 5.41) is 1.22. The Labute approximate surface area is 169 Å². The number of hydrogen-bond acceptors (Lipinski definition) is 5. The Balaban J connectivity index is 1.57. The third-order valence-electron chi connectivity index (χ3n) is 5.57. The minimum Gasteiger partial charge on any atom is -0.376 e. The largest absolute Gasteiger partial charge is 0.376 e. The molecule has 0 spiro atoms. The Bertz CT molecular complexity index is 907. The van der Waals surface area contributed by atoms with E-state index in [1.807, 2.05) is 29.2 Å². The van der Waals surface area contributed by atoms with Crippen molar-refractivity contribution in [1.29, 1.82) is 0 Å². The highest BCUT2D eigenvalue weighted by molar-refractivity contribution is 7.99. The SMILES string of the molecule is C[C@@H]1CCCN(C(=O)CSc2nc3ccccc3c(=O)n2C[C@@H]2CCCO2)C1. The number of likely N-dealkylation sites (tertiary alicyclic amines) is 1. The summed E-state index contributed by atoms with van der Waals surface area (Å²) in [6.07, 6.45) is 4.26. The summed E-state index contributed by atoms with van der Waals surface area (Å²) in [6, 6.07) is 7.40. The van der Waals surface area contributed by atoms with Crippen molar-refractivity contribution in [3.63, 3.8) is 0 Å². The van der Waals surface area contributed by atoms with Crippen molar-refractivity contribution in [1.82, 2.24) is 14.5 Å². The average molecular weight is 402 g/mol. The van der Waals surface area contributed by atoms with Gasteiger partial charge in [-0.2, -0.15) is 0 Å². The first-order valence-corrected chi connectivity index (χ1v) is 11.1. The van der Waals surface area contributed by atoms with E-state index in [1.54, 1.807) is 4.57 Å². The molecule has 0 radical (unpaired) electrons. The first kappa shape index (κ1) is 19.5. The lowest BCUT2D eigenvalue weighted by atomic mass is 10.0. The van der Waals surface area contributed by atoms with Crippen LogP contribution < -0.4 is 5.56 Å². The van der Waals surface area contributed by atoms with Crippen LogP contribution in [0.3, 0.4) is 0 Å². The third kappa shape index (κ3) is 4.25. The Morgan fingerprint density at radius 2 is 2.14 bits per heavy atom. The first-order valence-electron chi connectivity index (χ1n) is 10.1. The summed E-state index contributed by atoms with van der Waals surface area (Å²) < 4.78 is 7.44. The third-order valence-corrected chi connectivity index (χ3v) is 6.53. The molecular formula is C21H27N3O3S. The minimum absolute atomic E-state index is 0.0404. The second-order valence-electron chi connectivity index (χ2n) is 7.84. The van der Waals surface area contributed by atoms with Crippen LogP contribution in [0.15, 0.2) is 34.2 Å². The van der Waals surface area contributed by atoms with E-state index in [4.69, 9.17) is 9.72 Å². The summed E-state index contributed by atoms with van der Waals surface area (Å²) in [5.41, 5.74) is 0.625. The molecule has 2 aliphatic rings. The van der Waals surface area contributed by atoms with Crippen molar-refractivity contribution < 1.29 is 9.53 Å². The molecule has 28 heavy (non-hydrogen) atoms. The molecule has 6 nitrogen and oxygen atoms in total. The number of amides is 1. The van der Waals surface area contributed by atoms with Crippen LogP contribution in [0.4, 0.5) is 0 Å². The Morgan fingerprint density at radius 3 is 2.93 bits per heavy atom. The van der Waals surface area contributed by atoms with Gasteiger partial charge in [0.25, 0.3) is 5.56 Å². The summed E-state index contributed by atoms with van der Waals surface area (Å²) >= 11 is 1.37. The Kier molecular flexibility index (Phi) is 6.01. The minimum atomic E-state index is -0.0531. The summed E-state index contributed by atoms with van der Waals surface area (Å²) in [5.74, 6) is 0.991. The fraction of sp³-hybridized carbons (Fsp3) is 0.571. The van der Waals surface area contributed by atoms with Gasteiger partial charge in [0.1, 0.15) is 0 Å². The van der Waals surface area contributed by atoms with Crippen LogP contribution in [0.5, 0.6) is 0 Å². The standard InChI is InChI=1S/C21H27N3O3S/c1-15-6-4-10-23(12-15)19(25)14-28-21-22-18-9-3-2-8-17(18)20(26)24(21)13-16-7-5-11-27-16/h2-3,8-9,15-16H,4-7,10-14H2,1H3/t15-,16+/m1/s1. The second-order valence-corrected chi connectivity index (χ2v) is 8.78. The van der Waals surface area contributed by atoms with Gasteiger partial charge in [0.15, 0.2) is 5.16 Å². The van der Waals surface area contributed by atoms with Crippen molar-refractivity contribution in [3.05, 3.63) is 34.6 Å². The molecule has 150 valence electrons. The molecule has 2 atom stereocenters. The molecule has 0 bridgehead atoms. The van der Waals surface area contributed by atoms with E-state index in [9.17, 15) is 9.59 Å². The van der Waals surface area contributed by atoms with E-state index in [2.05, 4.69) is 6.92 Å². The Morgan fingerprint density at radius 1 is 1.29 bits per heavy atom. The highest BCUT2D eigenvalue weighted by Gasteiger charge is 2.23. The number of hydrogen-bond donors (Lipinski definition) is 0. The van der Waals surface area contributed by atoms with Crippen LogP contribution >= 0.6 is 11.8 Å². The number of ether oxygens (including phenoxy) is 1. The second kappa shape index (κ2) is 8.66. The highest BCUT2D eigenvalue weighted by Crippen LogP contribution is 2.22. The van der Waals surface area contributed by atoms with Gasteiger partial charge in [-0.3, -0.25) is 14.2 Å². The van der Waals surface area contributed by atoms with Crippen molar-refractivity contribution in [2.45, 2.75) is 50.4 Å². The zero-order valence-electron chi connectivity index (χ0n) is 16.3. The van der Waals surface area contributed by atoms with Gasteiger partial charge in [-0.25, -0.2) is 4.98 Å². The molecular weight excluding hydrogens is 374 g/mol. The van der Waals surface area contributed by atoms with Gasteiger partial charge >= 0.3 is 0 Å². The fourth-order valence-corrected chi connectivity index (χ4v) is 4.96. The van der Waals surface area contributed by atoms with Gasteiger partial charge in [0, 0.05) is 19.7 Å². The van der Waals surface area contributed by atoms with E-state index in [0.717, 1.165) is 39.0 Å². The molecule has 1 amide bonds. The zero-order valence-corrected chi connectivity index (χ0v) is 17.1. The van der Waals surface area contributed by atoms with E-state index >= 15 is 0 Å². The molecule has 0 aliphatic carbocycles. The number of benzene rings is 1. The van der Waals surface area contributed by atoms with Crippen LogP contribution in [-0.2, 0) is 16.1 Å². The molecule has 2 saturated heterocycles. The van der Waals surface area contributed by atoms with E-state index in [-0.39, 0.29) is 17.6 Å². The van der Waals surface area contributed by atoms with Crippen LogP contribution in [0.2, 0.25) is 0 Å². The maximum Gasteiger partial charge on any atom is 0.262 e. The molecule has 3 heterocycles. The number of nitrogens with zero attached hydrogens (tertiary/aromatic N) is 3. The number of fused-ring (bicyclic) bond motifs is 1. The number of rotatable bonds is 5. The lowest BCUT2D eigenvalue weighted by molar-refractivity contribution is -0.130. The topological polar surface area (TPSA) is 64.4 Å². The number of carbonyl (C=O) groups excluding carboxylic acids is 1. The van der Waals surface area contributed by atoms with Crippen LogP contribution in [-0.4, -0.2) is 51.9 Å². The van der Waals surface area contributed by atoms with Gasteiger partial charge in [-0.1, -0.05) is 30.8 Å². The van der Waals surface area contributed by atoms with Gasteiger partial charge in [0.05, 0.1) is 29.3 Å². The van der Waals surface area contributed by atoms with Crippen LogP contribution in [0.25, 0.3) is 10.9 Å². The summed E-state index contributed by atoms with van der Waals surface area (Å²) in [6.45, 7) is 5.09. The number of thioether (sulfide) groups is 1. The van der Waals surface area contributed by atoms with E-state index in [1.165, 1.54) is 18.2 Å². The number of carbonyl (C=O) groups is 1. The maximum absolute atomic E-state index is 13.1. The Hall–Kier alpha value is -1.86. The summed E-state index contributed by atoms with van der Waals surface area (Å²) in [7, 11) is 0. The predicted octanol–water partition coefficient (Wildman–Crippen LogP) is 2.93. The van der Waals surface area contributed by atoms with Crippen molar-refractivity contribution in [3.8, 4) is 0 Å². The molecule has 0 N–H and O–H groups in total. The molecule has 2 fully saturated rings. The lowest BCUT2D eigenvalue weighted by Crippen LogP contribution is -2.40. The molecule has 1 aromatic heterocycles. The predicted molar refractivity (Wildman–Crippen MR) is 111 cm³/mol. The summed E-state index contributed by atoms with van der Waals surface area (Å²) in [4.78, 5) is 32.4. The number of aromatic nitrogens is 2. The molecule has 7 heteroatoms. The fourth-order valence-electron chi connectivity index (χ4n) is 4.04. The molecule has 0 saturated carbocycles. The molecule has 1 aromatic carbocycles. The molecule has 2 aromatic rings. The van der Waals surface area contributed by atoms with Gasteiger partial charge in [-0.15, -0.1) is 0 Å². The molecule has 2 aliphatic heterocycles. The van der Waals surface area contributed by atoms with Crippen LogP contribution in [0.1, 0.15) is 32.6 Å². The molecule has 4 rings (SSSR count). The maximum atomic E-state index is 13.1. The van der Waals surface area contributed by atoms with Gasteiger partial charge in [-0.05, 0) is 43.7 Å².